The van der Waals surface area contributed by atoms with E-state index < -0.39 is 6.04 Å². The van der Waals surface area contributed by atoms with Crippen LogP contribution in [-0.4, -0.2) is 11.9 Å². The van der Waals surface area contributed by atoms with E-state index in [1.807, 2.05) is 6.92 Å². The van der Waals surface area contributed by atoms with Crippen molar-refractivity contribution in [3.63, 3.8) is 0 Å². The summed E-state index contributed by atoms with van der Waals surface area (Å²) in [5.74, 6) is -0.180. The molecular formula is C11H14BrClN2O. The molecule has 0 saturated heterocycles. The van der Waals surface area contributed by atoms with Crippen LogP contribution in [0.3, 0.4) is 0 Å². The molecule has 5 heteroatoms. The lowest BCUT2D eigenvalue weighted by Gasteiger charge is -2.11. The molecule has 1 aromatic carbocycles. The summed E-state index contributed by atoms with van der Waals surface area (Å²) in [5.41, 5.74) is 6.35. The number of rotatable bonds is 4. The van der Waals surface area contributed by atoms with E-state index in [0.29, 0.717) is 17.1 Å². The Morgan fingerprint density at radius 3 is 2.88 bits per heavy atom. The van der Waals surface area contributed by atoms with Gasteiger partial charge >= 0.3 is 0 Å². The summed E-state index contributed by atoms with van der Waals surface area (Å²) in [6.07, 6.45) is 1.56. The first-order chi connectivity index (χ1) is 7.54. The standard InChI is InChI=1S/C11H14BrClN2O/c1-2-3-10(14)11(16)15-7-4-5-8(12)9(13)6-7/h4-6,10H,2-3,14H2,1H3,(H,15,16)/t10-/m0/s1. The van der Waals surface area contributed by atoms with Gasteiger partial charge in [0, 0.05) is 10.2 Å². The van der Waals surface area contributed by atoms with Crippen LogP contribution in [0.5, 0.6) is 0 Å². The van der Waals surface area contributed by atoms with E-state index in [2.05, 4.69) is 21.2 Å². The van der Waals surface area contributed by atoms with Crippen molar-refractivity contribution in [2.24, 2.45) is 5.73 Å². The van der Waals surface area contributed by atoms with Crippen molar-refractivity contribution in [3.8, 4) is 0 Å². The number of carbonyl (C=O) groups excluding carboxylic acids is 1. The molecule has 1 amide bonds. The van der Waals surface area contributed by atoms with Crippen molar-refractivity contribution in [3.05, 3.63) is 27.7 Å². The Balaban J connectivity index is 2.66. The molecule has 0 heterocycles. The Bertz CT molecular complexity index is 384. The van der Waals surface area contributed by atoms with E-state index in [0.717, 1.165) is 10.9 Å². The lowest BCUT2D eigenvalue weighted by molar-refractivity contribution is -0.117. The van der Waals surface area contributed by atoms with E-state index in [4.69, 9.17) is 17.3 Å². The molecule has 1 rings (SSSR count). The van der Waals surface area contributed by atoms with Crippen molar-refractivity contribution < 1.29 is 4.79 Å². The lowest BCUT2D eigenvalue weighted by atomic mass is 10.1. The second kappa shape index (κ2) is 6.23. The molecule has 1 atom stereocenters. The van der Waals surface area contributed by atoms with Crippen LogP contribution in [0.4, 0.5) is 5.69 Å². The maximum Gasteiger partial charge on any atom is 0.241 e. The van der Waals surface area contributed by atoms with Crippen LogP contribution in [0, 0.1) is 0 Å². The normalized spacial score (nSPS) is 12.2. The van der Waals surface area contributed by atoms with E-state index >= 15 is 0 Å². The Morgan fingerprint density at radius 2 is 2.31 bits per heavy atom. The minimum atomic E-state index is -0.465. The van der Waals surface area contributed by atoms with E-state index in [1.54, 1.807) is 18.2 Å². The Hall–Kier alpha value is -0.580. The summed E-state index contributed by atoms with van der Waals surface area (Å²) in [7, 11) is 0. The highest BCUT2D eigenvalue weighted by molar-refractivity contribution is 9.10. The molecule has 0 bridgehead atoms. The van der Waals surface area contributed by atoms with Gasteiger partial charge in [-0.3, -0.25) is 4.79 Å². The highest BCUT2D eigenvalue weighted by Crippen LogP contribution is 2.25. The maximum atomic E-state index is 11.6. The Kier molecular flexibility index (Phi) is 5.25. The molecule has 0 aliphatic heterocycles. The summed E-state index contributed by atoms with van der Waals surface area (Å²) < 4.78 is 0.796. The number of nitrogens with one attached hydrogen (secondary N) is 1. The largest absolute Gasteiger partial charge is 0.325 e. The summed E-state index contributed by atoms with van der Waals surface area (Å²) in [5, 5.41) is 3.28. The third-order valence-corrected chi connectivity index (χ3v) is 3.36. The number of carbonyl (C=O) groups is 1. The zero-order valence-corrected chi connectivity index (χ0v) is 11.3. The average Bonchev–Trinajstić information content (AvgIpc) is 2.24. The number of halogens is 2. The van der Waals surface area contributed by atoms with Crippen molar-refractivity contribution in [1.29, 1.82) is 0 Å². The van der Waals surface area contributed by atoms with Crippen LogP contribution in [-0.2, 0) is 4.79 Å². The number of nitrogens with two attached hydrogens (primary N) is 1. The smallest absolute Gasteiger partial charge is 0.241 e. The zero-order valence-electron chi connectivity index (χ0n) is 8.97. The van der Waals surface area contributed by atoms with Crippen LogP contribution in [0.1, 0.15) is 19.8 Å². The van der Waals surface area contributed by atoms with Gasteiger partial charge in [0.25, 0.3) is 0 Å². The van der Waals surface area contributed by atoms with Crippen LogP contribution >= 0.6 is 27.5 Å². The van der Waals surface area contributed by atoms with Gasteiger partial charge < -0.3 is 11.1 Å². The predicted molar refractivity (Wildman–Crippen MR) is 70.7 cm³/mol. The second-order valence-corrected chi connectivity index (χ2v) is 4.77. The van der Waals surface area contributed by atoms with Crippen LogP contribution in [0.2, 0.25) is 5.02 Å². The molecule has 0 aliphatic carbocycles. The predicted octanol–water partition coefficient (Wildman–Crippen LogP) is 3.17. The molecule has 88 valence electrons. The Morgan fingerprint density at radius 1 is 1.62 bits per heavy atom. The van der Waals surface area contributed by atoms with E-state index in [-0.39, 0.29) is 5.91 Å². The van der Waals surface area contributed by atoms with Gasteiger partial charge in [0.2, 0.25) is 5.91 Å². The number of anilines is 1. The second-order valence-electron chi connectivity index (χ2n) is 3.51. The van der Waals surface area contributed by atoms with E-state index in [9.17, 15) is 4.79 Å². The molecule has 16 heavy (non-hydrogen) atoms. The first-order valence-corrected chi connectivity index (χ1v) is 6.23. The number of benzene rings is 1. The topological polar surface area (TPSA) is 55.1 Å². The molecule has 3 nitrogen and oxygen atoms in total. The van der Waals surface area contributed by atoms with Crippen molar-refractivity contribution in [2.45, 2.75) is 25.8 Å². The van der Waals surface area contributed by atoms with E-state index in [1.165, 1.54) is 0 Å². The number of amides is 1. The number of hydrogen-bond donors (Lipinski definition) is 2. The van der Waals surface area contributed by atoms with Gasteiger partial charge in [-0.25, -0.2) is 0 Å². The summed E-state index contributed by atoms with van der Waals surface area (Å²) in [6, 6.07) is 4.77. The average molecular weight is 306 g/mol. The van der Waals surface area contributed by atoms with Crippen molar-refractivity contribution in [2.75, 3.05) is 5.32 Å². The van der Waals surface area contributed by atoms with Gasteiger partial charge in [-0.05, 0) is 40.5 Å². The van der Waals surface area contributed by atoms with Crippen LogP contribution < -0.4 is 11.1 Å². The van der Waals surface area contributed by atoms with Gasteiger partial charge in [-0.2, -0.15) is 0 Å². The van der Waals surface area contributed by atoms with Gasteiger partial charge in [0.1, 0.15) is 0 Å². The molecular weight excluding hydrogens is 291 g/mol. The van der Waals surface area contributed by atoms with Gasteiger partial charge in [0.05, 0.1) is 11.1 Å². The van der Waals surface area contributed by atoms with Crippen LogP contribution in [0.15, 0.2) is 22.7 Å². The lowest BCUT2D eigenvalue weighted by Crippen LogP contribution is -2.35. The molecule has 3 N–H and O–H groups in total. The Labute approximate surface area is 108 Å². The molecule has 1 aromatic rings. The monoisotopic (exact) mass is 304 g/mol. The first kappa shape index (κ1) is 13.5. The minimum absolute atomic E-state index is 0.180. The fourth-order valence-corrected chi connectivity index (χ4v) is 1.68. The van der Waals surface area contributed by atoms with Gasteiger partial charge in [-0.15, -0.1) is 0 Å². The van der Waals surface area contributed by atoms with Gasteiger partial charge in [-0.1, -0.05) is 24.9 Å². The SMILES string of the molecule is CCC[C@H](N)C(=O)Nc1ccc(Br)c(Cl)c1. The third-order valence-electron chi connectivity index (χ3n) is 2.12. The summed E-state index contributed by atoms with van der Waals surface area (Å²) >= 11 is 9.19. The molecule has 0 unspecified atom stereocenters. The van der Waals surface area contributed by atoms with Crippen LogP contribution in [0.25, 0.3) is 0 Å². The maximum absolute atomic E-state index is 11.6. The number of hydrogen-bond acceptors (Lipinski definition) is 2. The summed E-state index contributed by atoms with van der Waals surface area (Å²) in [4.78, 5) is 11.6. The fraction of sp³-hybridized carbons (Fsp3) is 0.364. The zero-order chi connectivity index (χ0) is 12.1. The summed E-state index contributed by atoms with van der Waals surface area (Å²) in [6.45, 7) is 1.99. The fourth-order valence-electron chi connectivity index (χ4n) is 1.25. The van der Waals surface area contributed by atoms with Crippen molar-refractivity contribution in [1.82, 2.24) is 0 Å². The molecule has 0 aromatic heterocycles. The highest BCUT2D eigenvalue weighted by atomic mass is 79.9. The minimum Gasteiger partial charge on any atom is -0.325 e. The highest BCUT2D eigenvalue weighted by Gasteiger charge is 2.12. The third kappa shape index (κ3) is 3.77. The molecule has 0 saturated carbocycles. The first-order valence-electron chi connectivity index (χ1n) is 5.06. The molecule has 0 fully saturated rings. The quantitative estimate of drug-likeness (QED) is 0.897. The molecule has 0 aliphatic rings. The van der Waals surface area contributed by atoms with Gasteiger partial charge in [0.15, 0.2) is 0 Å². The molecule has 0 radical (unpaired) electrons. The van der Waals surface area contributed by atoms with Crippen molar-refractivity contribution >= 4 is 39.1 Å². The molecule has 0 spiro atoms.